The number of piperidine rings is 2. The second-order valence-corrected chi connectivity index (χ2v) is 13.0. The minimum Gasteiger partial charge on any atom is -0.338 e. The first kappa shape index (κ1) is 24.1. The van der Waals surface area contributed by atoms with E-state index >= 15 is 4.39 Å². The monoisotopic (exact) mass is 510 g/mol. The number of fused-ring (bicyclic) bond motifs is 1. The van der Waals surface area contributed by atoms with Gasteiger partial charge in [-0.05, 0) is 99.5 Å². The molecule has 0 spiro atoms. The summed E-state index contributed by atoms with van der Waals surface area (Å²) in [6.45, 7) is 3.25. The Kier molecular flexibility index (Phi) is 6.38. The van der Waals surface area contributed by atoms with Crippen molar-refractivity contribution in [2.75, 3.05) is 25.9 Å². The maximum absolute atomic E-state index is 15.9. The van der Waals surface area contributed by atoms with E-state index in [0.717, 1.165) is 49.5 Å². The predicted molar refractivity (Wildman–Crippen MR) is 140 cm³/mol. The Labute approximate surface area is 212 Å². The molecule has 3 aliphatic rings. The molecule has 1 aromatic heterocycles. The van der Waals surface area contributed by atoms with E-state index in [1.54, 1.807) is 24.3 Å². The zero-order valence-corrected chi connectivity index (χ0v) is 21.7. The van der Waals surface area contributed by atoms with E-state index in [2.05, 4.69) is 20.2 Å². The molecule has 8 heteroatoms. The van der Waals surface area contributed by atoms with Crippen LogP contribution in [0, 0.1) is 11.7 Å². The molecular weight excluding hydrogens is 475 g/mol. The zero-order chi connectivity index (χ0) is 24.9. The summed E-state index contributed by atoms with van der Waals surface area (Å²) in [7, 11) is -3.27. The van der Waals surface area contributed by atoms with Gasteiger partial charge in [-0.3, -0.25) is 4.90 Å². The summed E-state index contributed by atoms with van der Waals surface area (Å²) in [5, 5.41) is 3.49. The van der Waals surface area contributed by atoms with Gasteiger partial charge in [-0.1, -0.05) is 18.9 Å². The third-order valence-electron chi connectivity index (χ3n) is 8.46. The number of aromatic nitrogens is 2. The van der Waals surface area contributed by atoms with Crippen LogP contribution in [0.1, 0.15) is 56.4 Å². The van der Waals surface area contributed by atoms with Crippen LogP contribution in [0.3, 0.4) is 0 Å². The molecule has 2 aliphatic heterocycles. The lowest BCUT2D eigenvalue weighted by Gasteiger charge is -2.45. The van der Waals surface area contributed by atoms with Crippen molar-refractivity contribution in [3.05, 3.63) is 47.8 Å². The van der Waals surface area contributed by atoms with Crippen LogP contribution in [0.5, 0.6) is 0 Å². The number of H-pyrrole nitrogens is 1. The van der Waals surface area contributed by atoms with Gasteiger partial charge in [-0.15, -0.1) is 0 Å². The van der Waals surface area contributed by atoms with E-state index in [-0.39, 0.29) is 16.6 Å². The summed E-state index contributed by atoms with van der Waals surface area (Å²) in [5.41, 5.74) is 2.56. The minimum atomic E-state index is -3.27. The molecule has 3 heterocycles. The molecule has 0 bridgehead atoms. The molecule has 2 aromatic carbocycles. The van der Waals surface area contributed by atoms with Crippen LogP contribution >= 0.6 is 0 Å². The highest BCUT2D eigenvalue weighted by atomic mass is 32.2. The predicted octanol–water partition coefficient (Wildman–Crippen LogP) is 4.87. The fourth-order valence-electron chi connectivity index (χ4n) is 6.31. The topological polar surface area (TPSA) is 78.1 Å². The summed E-state index contributed by atoms with van der Waals surface area (Å²) in [5.74, 6) is 1.40. The van der Waals surface area contributed by atoms with Crippen LogP contribution in [-0.4, -0.2) is 61.3 Å². The molecule has 2 N–H and O–H groups in total. The Balaban J connectivity index is 1.25. The number of sulfone groups is 1. The summed E-state index contributed by atoms with van der Waals surface area (Å²) in [6.07, 6.45) is 9.57. The molecular formula is C28H35FN4O2S. The lowest BCUT2D eigenvalue weighted by Crippen LogP contribution is -2.51. The van der Waals surface area contributed by atoms with Crippen molar-refractivity contribution in [2.45, 2.75) is 67.8 Å². The Hall–Kier alpha value is -2.29. The number of aromatic amines is 1. The van der Waals surface area contributed by atoms with Crippen molar-refractivity contribution < 1.29 is 12.8 Å². The standard InChI is InChI=1S/C28H35FN4O2S/c1-36(34,35)23-6-4-19(5-7-23)28-31-25-9-8-24(26(29)27(25)32-28)20-12-15-33(21-10-13-30-14-11-21)22(17-20)16-18-2-3-18/h4-9,18,20-22,30H,2-3,10-17H2,1H3,(H,31,32)/t20?,22-/m1/s1. The molecule has 0 radical (unpaired) electrons. The smallest absolute Gasteiger partial charge is 0.175 e. The Morgan fingerprint density at radius 2 is 1.78 bits per heavy atom. The van der Waals surface area contributed by atoms with E-state index in [9.17, 15) is 8.42 Å². The third kappa shape index (κ3) is 4.83. The average molecular weight is 511 g/mol. The summed E-state index contributed by atoms with van der Waals surface area (Å²) in [4.78, 5) is 10.8. The first-order chi connectivity index (χ1) is 17.4. The first-order valence-corrected chi connectivity index (χ1v) is 15.2. The van der Waals surface area contributed by atoms with E-state index in [1.165, 1.54) is 38.4 Å². The molecule has 2 saturated heterocycles. The van der Waals surface area contributed by atoms with Gasteiger partial charge >= 0.3 is 0 Å². The Bertz CT molecular complexity index is 1340. The molecule has 1 unspecified atom stereocenters. The molecule has 2 atom stereocenters. The van der Waals surface area contributed by atoms with Gasteiger partial charge < -0.3 is 10.3 Å². The molecule has 1 aliphatic carbocycles. The highest BCUT2D eigenvalue weighted by Gasteiger charge is 2.38. The molecule has 36 heavy (non-hydrogen) atoms. The van der Waals surface area contributed by atoms with Crippen molar-refractivity contribution in [1.29, 1.82) is 0 Å². The van der Waals surface area contributed by atoms with E-state index in [1.807, 2.05) is 12.1 Å². The SMILES string of the molecule is CS(=O)(=O)c1ccc(-c2nc3c(F)c(C4CCN(C5CCNCC5)[C@H](CC5CC5)C4)ccc3[nH]2)cc1. The number of benzene rings is 2. The lowest BCUT2D eigenvalue weighted by molar-refractivity contribution is 0.0593. The van der Waals surface area contributed by atoms with E-state index in [0.29, 0.717) is 28.9 Å². The van der Waals surface area contributed by atoms with Crippen LogP contribution < -0.4 is 5.32 Å². The van der Waals surface area contributed by atoms with Crippen LogP contribution in [-0.2, 0) is 9.84 Å². The fraction of sp³-hybridized carbons (Fsp3) is 0.536. The van der Waals surface area contributed by atoms with Gasteiger partial charge in [-0.2, -0.15) is 0 Å². The summed E-state index contributed by atoms with van der Waals surface area (Å²) < 4.78 is 39.4. The summed E-state index contributed by atoms with van der Waals surface area (Å²) in [6, 6.07) is 11.7. The van der Waals surface area contributed by atoms with Gasteiger partial charge in [0.05, 0.1) is 10.4 Å². The van der Waals surface area contributed by atoms with E-state index < -0.39 is 9.84 Å². The number of halogens is 1. The second kappa shape index (κ2) is 9.54. The Morgan fingerprint density at radius 1 is 1.03 bits per heavy atom. The minimum absolute atomic E-state index is 0.213. The fourth-order valence-corrected chi connectivity index (χ4v) is 6.94. The number of nitrogens with one attached hydrogen (secondary N) is 2. The Morgan fingerprint density at radius 3 is 2.47 bits per heavy atom. The highest BCUT2D eigenvalue weighted by molar-refractivity contribution is 7.90. The first-order valence-electron chi connectivity index (χ1n) is 13.3. The van der Waals surface area contributed by atoms with Gasteiger partial charge in [0.15, 0.2) is 15.7 Å². The highest BCUT2D eigenvalue weighted by Crippen LogP contribution is 2.42. The van der Waals surface area contributed by atoms with Crippen LogP contribution in [0.4, 0.5) is 4.39 Å². The molecule has 192 valence electrons. The van der Waals surface area contributed by atoms with Gasteiger partial charge in [0.1, 0.15) is 11.3 Å². The molecule has 6 rings (SSSR count). The van der Waals surface area contributed by atoms with Crippen molar-refractivity contribution in [3.63, 3.8) is 0 Å². The van der Waals surface area contributed by atoms with Crippen LogP contribution in [0.25, 0.3) is 22.4 Å². The third-order valence-corrected chi connectivity index (χ3v) is 9.59. The van der Waals surface area contributed by atoms with Gasteiger partial charge in [0.2, 0.25) is 0 Å². The van der Waals surface area contributed by atoms with Gasteiger partial charge in [-0.25, -0.2) is 17.8 Å². The largest absolute Gasteiger partial charge is 0.338 e. The summed E-state index contributed by atoms with van der Waals surface area (Å²) >= 11 is 0. The second-order valence-electron chi connectivity index (χ2n) is 11.0. The number of imidazole rings is 1. The lowest BCUT2D eigenvalue weighted by atomic mass is 9.81. The average Bonchev–Trinajstić information content (AvgIpc) is 3.58. The zero-order valence-electron chi connectivity index (χ0n) is 20.8. The van der Waals surface area contributed by atoms with Crippen molar-refractivity contribution in [3.8, 4) is 11.4 Å². The molecule has 6 nitrogen and oxygen atoms in total. The molecule has 0 amide bonds. The number of hydrogen-bond acceptors (Lipinski definition) is 5. The van der Waals surface area contributed by atoms with Crippen LogP contribution in [0.15, 0.2) is 41.3 Å². The van der Waals surface area contributed by atoms with Crippen molar-refractivity contribution >= 4 is 20.9 Å². The molecule has 3 aromatic rings. The van der Waals surface area contributed by atoms with Crippen LogP contribution in [0.2, 0.25) is 0 Å². The van der Waals surface area contributed by atoms with E-state index in [4.69, 9.17) is 0 Å². The normalized spacial score (nSPS) is 24.4. The quantitative estimate of drug-likeness (QED) is 0.495. The number of rotatable bonds is 6. The van der Waals surface area contributed by atoms with Crippen molar-refractivity contribution in [2.24, 2.45) is 5.92 Å². The number of nitrogens with zero attached hydrogens (tertiary/aromatic N) is 2. The van der Waals surface area contributed by atoms with Gasteiger partial charge in [0.25, 0.3) is 0 Å². The molecule has 1 saturated carbocycles. The number of hydrogen-bond donors (Lipinski definition) is 2. The van der Waals surface area contributed by atoms with Gasteiger partial charge in [0, 0.05) is 23.9 Å². The maximum Gasteiger partial charge on any atom is 0.175 e. The molecule has 3 fully saturated rings. The number of likely N-dealkylation sites (tertiary alicyclic amines) is 1. The van der Waals surface area contributed by atoms with Crippen molar-refractivity contribution in [1.82, 2.24) is 20.2 Å². The maximum atomic E-state index is 15.9.